The third-order valence-corrected chi connectivity index (χ3v) is 7.25. The van der Waals surface area contributed by atoms with E-state index in [2.05, 4.69) is 91.0 Å². The molecule has 1 aliphatic heterocycles. The van der Waals surface area contributed by atoms with Gasteiger partial charge >= 0.3 is 0 Å². The smallest absolute Gasteiger partial charge is 0.136 e. The molecule has 0 amide bonds. The van der Waals surface area contributed by atoms with E-state index in [1.807, 2.05) is 30.3 Å². The van der Waals surface area contributed by atoms with Crippen LogP contribution in [0.5, 0.6) is 11.5 Å². The van der Waals surface area contributed by atoms with Crippen molar-refractivity contribution in [2.24, 2.45) is 0 Å². The van der Waals surface area contributed by atoms with Gasteiger partial charge in [-0.15, -0.1) is 0 Å². The van der Waals surface area contributed by atoms with E-state index in [1.165, 1.54) is 38.6 Å². The molecule has 1 aromatic heterocycles. The molecule has 0 N–H and O–H groups in total. The molecule has 0 spiro atoms. The summed E-state index contributed by atoms with van der Waals surface area (Å²) in [5, 5.41) is 4.66. The molecule has 8 rings (SSSR count). The molecule has 0 bridgehead atoms. The van der Waals surface area contributed by atoms with Crippen molar-refractivity contribution in [3.63, 3.8) is 0 Å². The Hall–Kier alpha value is -4.82. The zero-order valence-electron chi connectivity index (χ0n) is 19.4. The highest BCUT2D eigenvalue weighted by molar-refractivity contribution is 6.12. The van der Waals surface area contributed by atoms with E-state index in [1.54, 1.807) is 0 Å². The first-order chi connectivity index (χ1) is 17.8. The maximum Gasteiger partial charge on any atom is 0.136 e. The molecule has 2 heterocycles. The Bertz CT molecular complexity index is 1980. The number of furan rings is 1. The summed E-state index contributed by atoms with van der Waals surface area (Å²) in [4.78, 5) is 0. The number of benzene rings is 6. The van der Waals surface area contributed by atoms with Crippen molar-refractivity contribution in [1.82, 2.24) is 0 Å². The number of ether oxygens (including phenoxy) is 1. The van der Waals surface area contributed by atoms with Gasteiger partial charge in [-0.1, -0.05) is 78.9 Å². The van der Waals surface area contributed by atoms with Crippen LogP contribution in [0.15, 0.2) is 126 Å². The minimum absolute atomic E-state index is 0.905. The Morgan fingerprint density at radius 2 is 1.17 bits per heavy atom. The summed E-state index contributed by atoms with van der Waals surface area (Å²) in [7, 11) is 0. The summed E-state index contributed by atoms with van der Waals surface area (Å²) in [5.41, 5.74) is 8.92. The highest BCUT2D eigenvalue weighted by atomic mass is 16.5. The normalized spacial score (nSPS) is 12.1. The first kappa shape index (κ1) is 19.5. The van der Waals surface area contributed by atoms with Gasteiger partial charge in [-0.25, -0.2) is 0 Å². The zero-order valence-corrected chi connectivity index (χ0v) is 19.4. The van der Waals surface area contributed by atoms with Gasteiger partial charge < -0.3 is 9.15 Å². The van der Waals surface area contributed by atoms with E-state index in [-0.39, 0.29) is 0 Å². The molecule has 0 aliphatic carbocycles. The fourth-order valence-electron chi connectivity index (χ4n) is 5.64. The van der Waals surface area contributed by atoms with Crippen LogP contribution >= 0.6 is 0 Å². The van der Waals surface area contributed by atoms with Gasteiger partial charge in [-0.2, -0.15) is 0 Å². The molecule has 6 aromatic carbocycles. The summed E-state index contributed by atoms with van der Waals surface area (Å²) in [6.07, 6.45) is 0. The third kappa shape index (κ3) is 2.79. The first-order valence-electron chi connectivity index (χ1n) is 12.2. The molecule has 0 saturated heterocycles. The van der Waals surface area contributed by atoms with Gasteiger partial charge in [-0.05, 0) is 75.7 Å². The molecule has 0 fully saturated rings. The van der Waals surface area contributed by atoms with Crippen molar-refractivity contribution < 1.29 is 9.15 Å². The van der Waals surface area contributed by atoms with E-state index in [0.29, 0.717) is 0 Å². The molecule has 0 saturated carbocycles. The second-order valence-electron chi connectivity index (χ2n) is 9.33. The molecule has 2 heteroatoms. The lowest BCUT2D eigenvalue weighted by atomic mass is 9.90. The third-order valence-electron chi connectivity index (χ3n) is 7.25. The van der Waals surface area contributed by atoms with E-state index in [0.717, 1.165) is 39.0 Å². The number of hydrogen-bond acceptors (Lipinski definition) is 2. The van der Waals surface area contributed by atoms with Crippen molar-refractivity contribution >= 4 is 32.7 Å². The fraction of sp³-hybridized carbons (Fsp3) is 0. The van der Waals surface area contributed by atoms with E-state index >= 15 is 0 Å². The van der Waals surface area contributed by atoms with Crippen LogP contribution in [0.25, 0.3) is 66.1 Å². The molecular weight excluding hydrogens is 440 g/mol. The number of fused-ring (bicyclic) bond motifs is 5. The van der Waals surface area contributed by atoms with Crippen molar-refractivity contribution in [2.75, 3.05) is 0 Å². The van der Waals surface area contributed by atoms with Crippen molar-refractivity contribution in [2.45, 2.75) is 0 Å². The quantitative estimate of drug-likeness (QED) is 0.256. The van der Waals surface area contributed by atoms with Gasteiger partial charge in [0, 0.05) is 21.7 Å². The second-order valence-corrected chi connectivity index (χ2v) is 9.33. The van der Waals surface area contributed by atoms with Gasteiger partial charge in [0.05, 0.1) is 0 Å². The van der Waals surface area contributed by atoms with Crippen molar-refractivity contribution in [3.8, 4) is 44.9 Å². The minimum Gasteiger partial charge on any atom is -0.456 e. The summed E-state index contributed by atoms with van der Waals surface area (Å²) in [6, 6.07) is 42.6. The SMILES string of the molecule is c1cc(-c2cc3c4c(cccc4c2)Oc2ccccc2-3)cc(-c2cccc3oc4ccccc4c23)c1. The molecular formula is C34H20O2. The topological polar surface area (TPSA) is 22.4 Å². The number of hydrogen-bond donors (Lipinski definition) is 0. The maximum atomic E-state index is 6.23. The van der Waals surface area contributed by atoms with E-state index in [9.17, 15) is 0 Å². The number of rotatable bonds is 2. The predicted molar refractivity (Wildman–Crippen MR) is 148 cm³/mol. The fourth-order valence-corrected chi connectivity index (χ4v) is 5.64. The molecule has 0 unspecified atom stereocenters. The first-order valence-corrected chi connectivity index (χ1v) is 12.2. The van der Waals surface area contributed by atoms with Gasteiger partial charge in [-0.3, -0.25) is 0 Å². The Labute approximate surface area is 208 Å². The van der Waals surface area contributed by atoms with Crippen LogP contribution in [0.4, 0.5) is 0 Å². The van der Waals surface area contributed by atoms with Gasteiger partial charge in [0.1, 0.15) is 22.7 Å². The Morgan fingerprint density at radius 1 is 0.417 bits per heavy atom. The molecule has 0 radical (unpaired) electrons. The summed E-state index contributed by atoms with van der Waals surface area (Å²) in [5.74, 6) is 1.82. The van der Waals surface area contributed by atoms with Crippen LogP contribution in [0.3, 0.4) is 0 Å². The highest BCUT2D eigenvalue weighted by Gasteiger charge is 2.21. The monoisotopic (exact) mass is 460 g/mol. The summed E-state index contributed by atoms with van der Waals surface area (Å²) in [6.45, 7) is 0. The van der Waals surface area contributed by atoms with Crippen molar-refractivity contribution in [3.05, 3.63) is 121 Å². The van der Waals surface area contributed by atoms with Crippen LogP contribution < -0.4 is 4.74 Å². The highest BCUT2D eigenvalue weighted by Crippen LogP contribution is 2.48. The van der Waals surface area contributed by atoms with Crippen LogP contribution in [-0.2, 0) is 0 Å². The Kier molecular flexibility index (Phi) is 3.97. The molecule has 2 nitrogen and oxygen atoms in total. The van der Waals surface area contributed by atoms with Gasteiger partial charge in [0.25, 0.3) is 0 Å². The van der Waals surface area contributed by atoms with Gasteiger partial charge in [0.2, 0.25) is 0 Å². The predicted octanol–water partition coefficient (Wildman–Crippen LogP) is 9.85. The second kappa shape index (κ2) is 7.34. The van der Waals surface area contributed by atoms with E-state index < -0.39 is 0 Å². The van der Waals surface area contributed by atoms with Crippen molar-refractivity contribution in [1.29, 1.82) is 0 Å². The minimum atomic E-state index is 0.905. The average molecular weight is 461 g/mol. The molecule has 0 atom stereocenters. The van der Waals surface area contributed by atoms with Crippen LogP contribution in [-0.4, -0.2) is 0 Å². The largest absolute Gasteiger partial charge is 0.456 e. The lowest BCUT2D eigenvalue weighted by molar-refractivity contribution is 0.487. The molecule has 36 heavy (non-hydrogen) atoms. The molecule has 168 valence electrons. The van der Waals surface area contributed by atoms with Crippen LogP contribution in [0.2, 0.25) is 0 Å². The Balaban J connectivity index is 1.35. The summed E-state index contributed by atoms with van der Waals surface area (Å²) < 4.78 is 12.4. The zero-order chi connectivity index (χ0) is 23.6. The Morgan fingerprint density at radius 3 is 2.17 bits per heavy atom. The van der Waals surface area contributed by atoms with Gasteiger partial charge in [0.15, 0.2) is 0 Å². The maximum absolute atomic E-state index is 6.23. The van der Waals surface area contributed by atoms with Crippen LogP contribution in [0.1, 0.15) is 0 Å². The lowest BCUT2D eigenvalue weighted by Gasteiger charge is -2.22. The average Bonchev–Trinajstić information content (AvgIpc) is 3.32. The van der Waals surface area contributed by atoms with Crippen LogP contribution in [0, 0.1) is 0 Å². The summed E-state index contributed by atoms with van der Waals surface area (Å²) >= 11 is 0. The number of para-hydroxylation sites is 2. The lowest BCUT2D eigenvalue weighted by Crippen LogP contribution is -1.97. The molecule has 7 aromatic rings. The molecule has 1 aliphatic rings. The van der Waals surface area contributed by atoms with E-state index in [4.69, 9.17) is 9.15 Å². The standard InChI is InChI=1S/C34H20O2/c1-3-14-29-26(11-1)28-20-24(19-23-10-6-16-31(35-29)33(23)28)21-8-5-9-22(18-21)25-13-7-17-32-34(25)27-12-2-4-15-30(27)36-32/h1-20H.